The van der Waals surface area contributed by atoms with Crippen LogP contribution in [0.3, 0.4) is 0 Å². The first-order chi connectivity index (χ1) is 5.36. The molecule has 0 aromatic rings. The molecule has 4 heteroatoms. The second-order valence-electron chi connectivity index (χ2n) is 2.66. The number of nitrogens with two attached hydrogens (primary N) is 1. The van der Waals surface area contributed by atoms with E-state index in [1.54, 1.807) is 0 Å². The van der Waals surface area contributed by atoms with Gasteiger partial charge >= 0.3 is 0 Å². The fraction of sp³-hybridized carbons (Fsp3) is 1.00. The predicted molar refractivity (Wildman–Crippen MR) is 39.9 cm³/mol. The Balaban J connectivity index is 2.21. The highest BCUT2D eigenvalue weighted by atomic mass is 16.6. The molecular formula is C7H15NO3. The molecule has 4 nitrogen and oxygen atoms in total. The molecule has 2 N–H and O–H groups in total. The van der Waals surface area contributed by atoms with Crippen LogP contribution in [0.25, 0.3) is 0 Å². The van der Waals surface area contributed by atoms with Gasteiger partial charge in [-0.3, -0.25) is 0 Å². The summed E-state index contributed by atoms with van der Waals surface area (Å²) in [5.41, 5.74) is 0. The number of rotatable bonds is 3. The van der Waals surface area contributed by atoms with Crippen molar-refractivity contribution in [3.05, 3.63) is 0 Å². The van der Waals surface area contributed by atoms with Crippen molar-refractivity contribution in [2.45, 2.75) is 25.6 Å². The lowest BCUT2D eigenvalue weighted by Crippen LogP contribution is -2.39. The summed E-state index contributed by atoms with van der Waals surface area (Å²) in [4.78, 5) is 4.47. The van der Waals surface area contributed by atoms with Crippen molar-refractivity contribution in [3.63, 3.8) is 0 Å². The maximum absolute atomic E-state index is 5.55. The van der Waals surface area contributed by atoms with E-state index in [4.69, 9.17) is 15.4 Å². The van der Waals surface area contributed by atoms with Crippen LogP contribution in [0, 0.1) is 0 Å². The fourth-order valence-corrected chi connectivity index (χ4v) is 1.09. The van der Waals surface area contributed by atoms with Crippen molar-refractivity contribution in [1.29, 1.82) is 0 Å². The van der Waals surface area contributed by atoms with Crippen LogP contribution < -0.4 is 5.90 Å². The molecule has 1 heterocycles. The molecule has 0 aromatic heterocycles. The van der Waals surface area contributed by atoms with Crippen molar-refractivity contribution in [1.82, 2.24) is 0 Å². The van der Waals surface area contributed by atoms with Gasteiger partial charge in [0, 0.05) is 0 Å². The zero-order valence-corrected chi connectivity index (χ0v) is 6.79. The molecule has 1 aliphatic rings. The highest BCUT2D eigenvalue weighted by Gasteiger charge is 2.21. The maximum atomic E-state index is 5.55. The molecule has 0 amide bonds. The van der Waals surface area contributed by atoms with Crippen molar-refractivity contribution < 1.29 is 14.3 Å². The van der Waals surface area contributed by atoms with E-state index < -0.39 is 0 Å². The van der Waals surface area contributed by atoms with Crippen LogP contribution in [0.4, 0.5) is 0 Å². The van der Waals surface area contributed by atoms with Crippen LogP contribution in [0.15, 0.2) is 0 Å². The van der Waals surface area contributed by atoms with Crippen LogP contribution in [-0.2, 0) is 14.3 Å². The first kappa shape index (κ1) is 8.93. The van der Waals surface area contributed by atoms with Crippen LogP contribution in [0.5, 0.6) is 0 Å². The first-order valence-corrected chi connectivity index (χ1v) is 3.91. The average molecular weight is 161 g/mol. The van der Waals surface area contributed by atoms with Gasteiger partial charge in [0.25, 0.3) is 0 Å². The van der Waals surface area contributed by atoms with Gasteiger partial charge in [-0.2, -0.15) is 0 Å². The Morgan fingerprint density at radius 1 is 1.45 bits per heavy atom. The van der Waals surface area contributed by atoms with Gasteiger partial charge in [-0.1, -0.05) is 6.92 Å². The highest BCUT2D eigenvalue weighted by Crippen LogP contribution is 2.10. The lowest BCUT2D eigenvalue weighted by molar-refractivity contribution is -0.158. The minimum absolute atomic E-state index is 0.0127. The van der Waals surface area contributed by atoms with E-state index in [1.165, 1.54) is 0 Å². The first-order valence-electron chi connectivity index (χ1n) is 3.91. The van der Waals surface area contributed by atoms with E-state index in [0.29, 0.717) is 19.8 Å². The number of hydrogen-bond acceptors (Lipinski definition) is 4. The molecule has 0 saturated carbocycles. The molecule has 0 radical (unpaired) electrons. The minimum Gasteiger partial charge on any atom is -0.376 e. The van der Waals surface area contributed by atoms with Gasteiger partial charge in [-0.15, -0.1) is 0 Å². The zero-order chi connectivity index (χ0) is 8.10. The average Bonchev–Trinajstić information content (AvgIpc) is 2.06. The Bertz CT molecular complexity index is 108. The second-order valence-corrected chi connectivity index (χ2v) is 2.66. The molecular weight excluding hydrogens is 146 g/mol. The lowest BCUT2D eigenvalue weighted by Gasteiger charge is -2.28. The van der Waals surface area contributed by atoms with Gasteiger partial charge in [0.2, 0.25) is 0 Å². The summed E-state index contributed by atoms with van der Waals surface area (Å²) in [5, 5.41) is 0. The summed E-state index contributed by atoms with van der Waals surface area (Å²) in [5.74, 6) is 4.91. The number of hydrogen-bond donors (Lipinski definition) is 1. The Hall–Kier alpha value is -0.160. The van der Waals surface area contributed by atoms with Gasteiger partial charge in [0.1, 0.15) is 6.10 Å². The van der Waals surface area contributed by atoms with E-state index in [-0.39, 0.29) is 12.2 Å². The van der Waals surface area contributed by atoms with Crippen LogP contribution in [-0.4, -0.2) is 32.0 Å². The van der Waals surface area contributed by atoms with E-state index in [1.807, 2.05) is 0 Å². The van der Waals surface area contributed by atoms with E-state index in [2.05, 4.69) is 11.8 Å². The summed E-state index contributed by atoms with van der Waals surface area (Å²) in [6.45, 7) is 3.77. The molecule has 11 heavy (non-hydrogen) atoms. The van der Waals surface area contributed by atoms with Crippen molar-refractivity contribution in [2.75, 3.05) is 19.8 Å². The third-order valence-corrected chi connectivity index (χ3v) is 1.73. The summed E-state index contributed by atoms with van der Waals surface area (Å²) < 4.78 is 10.8. The SMILES string of the molecule is CCC1COCC(CON)O1. The van der Waals surface area contributed by atoms with Gasteiger partial charge in [0.05, 0.1) is 25.9 Å². The normalized spacial score (nSPS) is 32.2. The van der Waals surface area contributed by atoms with E-state index in [9.17, 15) is 0 Å². The summed E-state index contributed by atoms with van der Waals surface area (Å²) in [7, 11) is 0. The fourth-order valence-electron chi connectivity index (χ4n) is 1.09. The quantitative estimate of drug-likeness (QED) is 0.595. The molecule has 0 aliphatic carbocycles. The monoisotopic (exact) mass is 161 g/mol. The largest absolute Gasteiger partial charge is 0.376 e. The third-order valence-electron chi connectivity index (χ3n) is 1.73. The van der Waals surface area contributed by atoms with Gasteiger partial charge in [0.15, 0.2) is 0 Å². The molecule has 1 rings (SSSR count). The Morgan fingerprint density at radius 2 is 2.18 bits per heavy atom. The standard InChI is InChI=1S/C7H15NO3/c1-2-6-3-9-4-7(11-6)5-10-8/h6-7H,2-5,8H2,1H3. The van der Waals surface area contributed by atoms with Crippen molar-refractivity contribution >= 4 is 0 Å². The van der Waals surface area contributed by atoms with Crippen LogP contribution in [0.2, 0.25) is 0 Å². The number of ether oxygens (including phenoxy) is 2. The molecule has 66 valence electrons. The van der Waals surface area contributed by atoms with Crippen LogP contribution >= 0.6 is 0 Å². The predicted octanol–water partition coefficient (Wildman–Crippen LogP) is 0.0707. The van der Waals surface area contributed by atoms with E-state index in [0.717, 1.165) is 6.42 Å². The summed E-state index contributed by atoms with van der Waals surface area (Å²) >= 11 is 0. The molecule has 1 fully saturated rings. The molecule has 1 aliphatic heterocycles. The zero-order valence-electron chi connectivity index (χ0n) is 6.79. The Kier molecular flexibility index (Phi) is 3.79. The maximum Gasteiger partial charge on any atom is 0.107 e. The Morgan fingerprint density at radius 3 is 2.82 bits per heavy atom. The molecule has 0 aromatic carbocycles. The third kappa shape index (κ3) is 2.75. The molecule has 2 unspecified atom stereocenters. The van der Waals surface area contributed by atoms with Crippen molar-refractivity contribution in [3.8, 4) is 0 Å². The van der Waals surface area contributed by atoms with E-state index >= 15 is 0 Å². The lowest BCUT2D eigenvalue weighted by atomic mass is 10.2. The molecule has 0 spiro atoms. The van der Waals surface area contributed by atoms with Gasteiger partial charge in [-0.05, 0) is 6.42 Å². The molecule has 0 bridgehead atoms. The highest BCUT2D eigenvalue weighted by molar-refractivity contribution is 4.66. The molecule has 2 atom stereocenters. The Labute approximate surface area is 66.6 Å². The van der Waals surface area contributed by atoms with Crippen LogP contribution in [0.1, 0.15) is 13.3 Å². The smallest absolute Gasteiger partial charge is 0.107 e. The minimum atomic E-state index is 0.0127. The summed E-state index contributed by atoms with van der Waals surface area (Å²) in [6.07, 6.45) is 1.20. The van der Waals surface area contributed by atoms with Gasteiger partial charge < -0.3 is 14.3 Å². The molecule has 1 saturated heterocycles. The summed E-state index contributed by atoms with van der Waals surface area (Å²) in [6, 6.07) is 0. The topological polar surface area (TPSA) is 53.7 Å². The van der Waals surface area contributed by atoms with Gasteiger partial charge in [-0.25, -0.2) is 5.90 Å². The second kappa shape index (κ2) is 4.66. The van der Waals surface area contributed by atoms with Crippen molar-refractivity contribution in [2.24, 2.45) is 5.90 Å².